The Hall–Kier alpha value is -3.29. The number of carbonyl (C=O) groups is 2. The molecule has 2 fully saturated rings. The number of amides is 3. The van der Waals surface area contributed by atoms with Crippen LogP contribution in [0.1, 0.15) is 49.4 Å². The summed E-state index contributed by atoms with van der Waals surface area (Å²) >= 11 is 0. The first kappa shape index (κ1) is 23.9. The van der Waals surface area contributed by atoms with Crippen molar-refractivity contribution in [2.75, 3.05) is 49.5 Å². The molecule has 2 heterocycles. The average molecular weight is 466 g/mol. The van der Waals surface area contributed by atoms with E-state index in [0.29, 0.717) is 42.6 Å². The topological polar surface area (TPSA) is 86.8 Å². The van der Waals surface area contributed by atoms with Crippen LogP contribution in [0.2, 0.25) is 0 Å². The van der Waals surface area contributed by atoms with Crippen LogP contribution in [-0.4, -0.2) is 61.2 Å². The van der Waals surface area contributed by atoms with Crippen molar-refractivity contribution in [2.45, 2.75) is 39.0 Å². The summed E-state index contributed by atoms with van der Waals surface area (Å²) in [5, 5.41) is 6.02. The van der Waals surface area contributed by atoms with Gasteiger partial charge in [0.05, 0.1) is 24.1 Å². The number of benzene rings is 1. The van der Waals surface area contributed by atoms with Gasteiger partial charge >= 0.3 is 6.03 Å². The molecule has 0 bridgehead atoms. The molecule has 3 amide bonds. The molecule has 1 aromatic carbocycles. The SMILES string of the molecule is CCOc1ccccc1C(=O)Nc1ccc(N2CCN(C(=O)NCC3CCCCC3)CC2)nc1. The van der Waals surface area contributed by atoms with E-state index in [0.717, 1.165) is 25.5 Å². The highest BCUT2D eigenvalue weighted by Gasteiger charge is 2.23. The van der Waals surface area contributed by atoms with Crippen LogP contribution in [0.15, 0.2) is 42.6 Å². The van der Waals surface area contributed by atoms with Gasteiger partial charge < -0.3 is 25.2 Å². The summed E-state index contributed by atoms with van der Waals surface area (Å²) in [6.45, 7) is 5.99. The molecule has 0 unspecified atom stereocenters. The van der Waals surface area contributed by atoms with Crippen LogP contribution in [0.4, 0.5) is 16.3 Å². The number of nitrogens with one attached hydrogen (secondary N) is 2. The molecule has 1 aromatic heterocycles. The van der Waals surface area contributed by atoms with E-state index < -0.39 is 0 Å². The zero-order valence-corrected chi connectivity index (χ0v) is 20.0. The van der Waals surface area contributed by atoms with Gasteiger partial charge in [-0.2, -0.15) is 0 Å². The number of urea groups is 1. The molecule has 1 aliphatic carbocycles. The third-order valence-corrected chi connectivity index (χ3v) is 6.59. The number of aromatic nitrogens is 1. The number of hydrogen-bond acceptors (Lipinski definition) is 5. The fourth-order valence-corrected chi connectivity index (χ4v) is 4.65. The monoisotopic (exact) mass is 465 g/mol. The number of pyridine rings is 1. The van der Waals surface area contributed by atoms with Crippen molar-refractivity contribution in [1.29, 1.82) is 0 Å². The first-order valence-electron chi connectivity index (χ1n) is 12.4. The van der Waals surface area contributed by atoms with Crippen molar-refractivity contribution in [3.05, 3.63) is 48.2 Å². The molecule has 8 heteroatoms. The zero-order chi connectivity index (χ0) is 23.8. The van der Waals surface area contributed by atoms with Gasteiger partial charge in [-0.25, -0.2) is 9.78 Å². The summed E-state index contributed by atoms with van der Waals surface area (Å²) < 4.78 is 5.55. The molecular weight excluding hydrogens is 430 g/mol. The highest BCUT2D eigenvalue weighted by atomic mass is 16.5. The highest BCUT2D eigenvalue weighted by molar-refractivity contribution is 6.06. The predicted molar refractivity (Wildman–Crippen MR) is 134 cm³/mol. The van der Waals surface area contributed by atoms with Gasteiger partial charge in [-0.05, 0) is 49.9 Å². The summed E-state index contributed by atoms with van der Waals surface area (Å²) in [6.07, 6.45) is 8.03. The third kappa shape index (κ3) is 6.18. The summed E-state index contributed by atoms with van der Waals surface area (Å²) in [6, 6.07) is 11.0. The van der Waals surface area contributed by atoms with E-state index in [1.807, 2.05) is 36.1 Å². The van der Waals surface area contributed by atoms with Crippen molar-refractivity contribution in [3.8, 4) is 5.75 Å². The quantitative estimate of drug-likeness (QED) is 0.642. The molecule has 34 heavy (non-hydrogen) atoms. The van der Waals surface area contributed by atoms with Gasteiger partial charge in [0.1, 0.15) is 11.6 Å². The molecular formula is C26H35N5O3. The van der Waals surface area contributed by atoms with Gasteiger partial charge in [-0.1, -0.05) is 31.4 Å². The molecule has 1 saturated carbocycles. The van der Waals surface area contributed by atoms with E-state index in [2.05, 4.69) is 20.5 Å². The van der Waals surface area contributed by atoms with E-state index >= 15 is 0 Å². The Labute approximate surface area is 201 Å². The van der Waals surface area contributed by atoms with Crippen LogP contribution >= 0.6 is 0 Å². The lowest BCUT2D eigenvalue weighted by molar-refractivity contribution is 0.102. The summed E-state index contributed by atoms with van der Waals surface area (Å²) in [7, 11) is 0. The largest absolute Gasteiger partial charge is 0.493 e. The van der Waals surface area contributed by atoms with E-state index in [9.17, 15) is 9.59 Å². The normalized spacial score (nSPS) is 16.7. The predicted octanol–water partition coefficient (Wildman–Crippen LogP) is 4.14. The molecule has 0 radical (unpaired) electrons. The van der Waals surface area contributed by atoms with Gasteiger partial charge in [-0.3, -0.25) is 4.79 Å². The molecule has 4 rings (SSSR count). The Balaban J connectivity index is 1.25. The van der Waals surface area contributed by atoms with Crippen molar-refractivity contribution < 1.29 is 14.3 Å². The lowest BCUT2D eigenvalue weighted by Gasteiger charge is -2.35. The number of anilines is 2. The highest BCUT2D eigenvalue weighted by Crippen LogP contribution is 2.23. The average Bonchev–Trinajstić information content (AvgIpc) is 2.89. The van der Waals surface area contributed by atoms with Crippen LogP contribution in [0.5, 0.6) is 5.75 Å². The second-order valence-corrected chi connectivity index (χ2v) is 8.95. The standard InChI is InChI=1S/C26H35N5O3/c1-2-34-23-11-7-6-10-22(23)25(32)29-21-12-13-24(27-19-21)30-14-16-31(17-15-30)26(33)28-18-20-8-4-3-5-9-20/h6-7,10-13,19-20H,2-5,8-9,14-18H2,1H3,(H,28,33)(H,29,32). The maximum absolute atomic E-state index is 12.7. The van der Waals surface area contributed by atoms with Crippen LogP contribution in [0.3, 0.4) is 0 Å². The number of piperazine rings is 1. The van der Waals surface area contributed by atoms with Crippen molar-refractivity contribution in [1.82, 2.24) is 15.2 Å². The molecule has 0 spiro atoms. The Morgan fingerprint density at radius 1 is 1.03 bits per heavy atom. The van der Waals surface area contributed by atoms with Crippen LogP contribution in [0.25, 0.3) is 0 Å². The second kappa shape index (κ2) is 11.7. The molecule has 1 aliphatic heterocycles. The molecule has 2 aromatic rings. The first-order chi connectivity index (χ1) is 16.6. The minimum Gasteiger partial charge on any atom is -0.493 e. The molecule has 0 atom stereocenters. The van der Waals surface area contributed by atoms with E-state index in [-0.39, 0.29) is 11.9 Å². The van der Waals surface area contributed by atoms with Crippen LogP contribution < -0.4 is 20.3 Å². The smallest absolute Gasteiger partial charge is 0.317 e. The van der Waals surface area contributed by atoms with E-state index in [1.165, 1.54) is 32.1 Å². The number of para-hydroxylation sites is 1. The lowest BCUT2D eigenvalue weighted by Crippen LogP contribution is -2.52. The Bertz CT molecular complexity index is 951. The van der Waals surface area contributed by atoms with Gasteiger partial charge in [-0.15, -0.1) is 0 Å². The second-order valence-electron chi connectivity index (χ2n) is 8.95. The number of nitrogens with zero attached hydrogens (tertiary/aromatic N) is 3. The van der Waals surface area contributed by atoms with Gasteiger partial charge in [0, 0.05) is 32.7 Å². The number of carbonyl (C=O) groups excluding carboxylic acids is 2. The van der Waals surface area contributed by atoms with Crippen LogP contribution in [-0.2, 0) is 0 Å². The summed E-state index contributed by atoms with van der Waals surface area (Å²) in [4.78, 5) is 33.8. The van der Waals surface area contributed by atoms with E-state index in [1.54, 1.807) is 18.3 Å². The number of ether oxygens (including phenoxy) is 1. The fourth-order valence-electron chi connectivity index (χ4n) is 4.65. The van der Waals surface area contributed by atoms with E-state index in [4.69, 9.17) is 4.74 Å². The zero-order valence-electron chi connectivity index (χ0n) is 20.0. The Morgan fingerprint density at radius 3 is 2.50 bits per heavy atom. The minimum atomic E-state index is -0.230. The molecule has 1 saturated heterocycles. The summed E-state index contributed by atoms with van der Waals surface area (Å²) in [5.41, 5.74) is 1.12. The molecule has 2 N–H and O–H groups in total. The van der Waals surface area contributed by atoms with Crippen molar-refractivity contribution in [2.24, 2.45) is 5.92 Å². The molecule has 8 nitrogen and oxygen atoms in total. The molecule has 2 aliphatic rings. The van der Waals surface area contributed by atoms with Gasteiger partial charge in [0.15, 0.2) is 0 Å². The van der Waals surface area contributed by atoms with Crippen molar-refractivity contribution in [3.63, 3.8) is 0 Å². The van der Waals surface area contributed by atoms with Gasteiger partial charge in [0.2, 0.25) is 0 Å². The Morgan fingerprint density at radius 2 is 1.79 bits per heavy atom. The number of hydrogen-bond donors (Lipinski definition) is 2. The first-order valence-corrected chi connectivity index (χ1v) is 12.4. The maximum atomic E-state index is 12.7. The lowest BCUT2D eigenvalue weighted by atomic mass is 9.89. The molecule has 182 valence electrons. The minimum absolute atomic E-state index is 0.0450. The number of rotatable bonds is 7. The maximum Gasteiger partial charge on any atom is 0.317 e. The van der Waals surface area contributed by atoms with Crippen molar-refractivity contribution >= 4 is 23.4 Å². The Kier molecular flexibility index (Phi) is 8.22. The van der Waals surface area contributed by atoms with Gasteiger partial charge in [0.25, 0.3) is 5.91 Å². The fraction of sp³-hybridized carbons (Fsp3) is 0.500. The summed E-state index contributed by atoms with van der Waals surface area (Å²) in [5.74, 6) is 1.81. The third-order valence-electron chi connectivity index (χ3n) is 6.59. The van der Waals surface area contributed by atoms with Crippen LogP contribution in [0, 0.1) is 5.92 Å².